The number of pyridine rings is 1. The molecule has 0 spiro atoms. The first-order chi connectivity index (χ1) is 10.3. The van der Waals surface area contributed by atoms with Crippen LogP contribution >= 0.6 is 15.9 Å². The van der Waals surface area contributed by atoms with Gasteiger partial charge in [0, 0.05) is 49.1 Å². The van der Waals surface area contributed by atoms with Crippen LogP contribution in [0.4, 0.5) is 11.5 Å². The maximum absolute atomic E-state index is 5.88. The summed E-state index contributed by atoms with van der Waals surface area (Å²) in [4.78, 5) is 9.17. The Morgan fingerprint density at radius 1 is 1.05 bits per heavy atom. The predicted octanol–water partition coefficient (Wildman–Crippen LogP) is 2.63. The van der Waals surface area contributed by atoms with Crippen molar-refractivity contribution in [3.63, 3.8) is 0 Å². The number of halogens is 1. The van der Waals surface area contributed by atoms with Gasteiger partial charge >= 0.3 is 0 Å². The van der Waals surface area contributed by atoms with Crippen molar-refractivity contribution in [3.8, 4) is 0 Å². The number of nitrogens with zero attached hydrogens (tertiary/aromatic N) is 3. The molecule has 4 nitrogen and oxygen atoms in total. The van der Waals surface area contributed by atoms with Crippen LogP contribution in [0, 0.1) is 0 Å². The normalized spacial score (nSPS) is 15.3. The molecule has 0 saturated carbocycles. The first kappa shape index (κ1) is 14.4. The van der Waals surface area contributed by atoms with Crippen molar-refractivity contribution < 1.29 is 0 Å². The Hall–Kier alpha value is -1.59. The van der Waals surface area contributed by atoms with E-state index in [1.54, 1.807) is 0 Å². The number of rotatable bonds is 3. The maximum Gasteiger partial charge on any atom is 0.128 e. The lowest BCUT2D eigenvalue weighted by molar-refractivity contribution is 0.645. The van der Waals surface area contributed by atoms with Crippen molar-refractivity contribution in [1.29, 1.82) is 0 Å². The van der Waals surface area contributed by atoms with E-state index in [0.717, 1.165) is 36.5 Å². The number of hydrogen-bond donors (Lipinski definition) is 1. The second-order valence-electron chi connectivity index (χ2n) is 5.14. The SMILES string of the molecule is NCc1cc(Br)ccc1N1CCN(c2ccccn2)CC1. The van der Waals surface area contributed by atoms with Crippen LogP contribution in [-0.4, -0.2) is 31.2 Å². The van der Waals surface area contributed by atoms with Gasteiger partial charge in [-0.15, -0.1) is 0 Å². The number of benzene rings is 1. The van der Waals surface area contributed by atoms with Gasteiger partial charge in [0.2, 0.25) is 0 Å². The minimum absolute atomic E-state index is 0.565. The molecule has 0 radical (unpaired) electrons. The zero-order valence-electron chi connectivity index (χ0n) is 11.9. The topological polar surface area (TPSA) is 45.4 Å². The van der Waals surface area contributed by atoms with E-state index in [-0.39, 0.29) is 0 Å². The van der Waals surface area contributed by atoms with Gasteiger partial charge in [-0.2, -0.15) is 0 Å². The van der Waals surface area contributed by atoms with E-state index in [4.69, 9.17) is 5.73 Å². The molecule has 0 bridgehead atoms. The van der Waals surface area contributed by atoms with Gasteiger partial charge in [0.15, 0.2) is 0 Å². The Bertz CT molecular complexity index is 594. The van der Waals surface area contributed by atoms with E-state index in [1.807, 2.05) is 18.3 Å². The van der Waals surface area contributed by atoms with Crippen LogP contribution in [0.1, 0.15) is 5.56 Å². The number of nitrogens with two attached hydrogens (primary N) is 1. The standard InChI is InChI=1S/C16H19BrN4/c17-14-4-5-15(13(11-14)12-18)20-7-9-21(10-8-20)16-3-1-2-6-19-16/h1-6,11H,7-10,12,18H2. The number of hydrogen-bond acceptors (Lipinski definition) is 4. The second kappa shape index (κ2) is 6.45. The smallest absolute Gasteiger partial charge is 0.128 e. The third-order valence-corrected chi connectivity index (χ3v) is 4.35. The molecule has 2 heterocycles. The van der Waals surface area contributed by atoms with Crippen LogP contribution in [0.5, 0.6) is 0 Å². The Balaban J connectivity index is 1.71. The number of aromatic nitrogens is 1. The molecule has 0 unspecified atom stereocenters. The summed E-state index contributed by atoms with van der Waals surface area (Å²) < 4.78 is 1.08. The Morgan fingerprint density at radius 3 is 2.48 bits per heavy atom. The highest BCUT2D eigenvalue weighted by molar-refractivity contribution is 9.10. The molecule has 3 rings (SSSR count). The lowest BCUT2D eigenvalue weighted by Crippen LogP contribution is -2.47. The first-order valence-electron chi connectivity index (χ1n) is 7.17. The van der Waals surface area contributed by atoms with Crippen molar-refractivity contribution in [1.82, 2.24) is 4.98 Å². The highest BCUT2D eigenvalue weighted by Gasteiger charge is 2.19. The molecule has 2 N–H and O–H groups in total. The van der Waals surface area contributed by atoms with Crippen molar-refractivity contribution in [2.45, 2.75) is 6.54 Å². The zero-order valence-corrected chi connectivity index (χ0v) is 13.5. The average molecular weight is 347 g/mol. The monoisotopic (exact) mass is 346 g/mol. The molecule has 1 fully saturated rings. The molecule has 0 amide bonds. The fourth-order valence-corrected chi connectivity index (χ4v) is 3.15. The quantitative estimate of drug-likeness (QED) is 0.927. The predicted molar refractivity (Wildman–Crippen MR) is 90.7 cm³/mol. The van der Waals surface area contributed by atoms with Crippen molar-refractivity contribution in [3.05, 3.63) is 52.6 Å². The minimum Gasteiger partial charge on any atom is -0.368 e. The lowest BCUT2D eigenvalue weighted by atomic mass is 10.1. The summed E-state index contributed by atoms with van der Waals surface area (Å²) in [5.74, 6) is 1.06. The molecule has 1 aromatic heterocycles. The van der Waals surface area contributed by atoms with E-state index in [2.05, 4.69) is 55.0 Å². The maximum atomic E-state index is 5.88. The summed E-state index contributed by atoms with van der Waals surface area (Å²) in [5, 5.41) is 0. The van der Waals surface area contributed by atoms with E-state index in [0.29, 0.717) is 6.54 Å². The Labute approximate surface area is 133 Å². The first-order valence-corrected chi connectivity index (χ1v) is 7.96. The molecule has 110 valence electrons. The second-order valence-corrected chi connectivity index (χ2v) is 6.05. The van der Waals surface area contributed by atoms with Crippen molar-refractivity contribution >= 4 is 27.4 Å². The van der Waals surface area contributed by atoms with Crippen LogP contribution in [0.2, 0.25) is 0 Å². The van der Waals surface area contributed by atoms with Gasteiger partial charge in [0.25, 0.3) is 0 Å². The molecular weight excluding hydrogens is 328 g/mol. The fraction of sp³-hybridized carbons (Fsp3) is 0.312. The van der Waals surface area contributed by atoms with Crippen LogP contribution in [0.15, 0.2) is 47.1 Å². The summed E-state index contributed by atoms with van der Waals surface area (Å²) in [5.41, 5.74) is 8.32. The van der Waals surface area contributed by atoms with E-state index in [9.17, 15) is 0 Å². The average Bonchev–Trinajstić information content (AvgIpc) is 2.56. The third-order valence-electron chi connectivity index (χ3n) is 3.86. The van der Waals surface area contributed by atoms with E-state index >= 15 is 0 Å². The van der Waals surface area contributed by atoms with Crippen LogP contribution in [0.3, 0.4) is 0 Å². The van der Waals surface area contributed by atoms with Crippen molar-refractivity contribution in [2.24, 2.45) is 5.73 Å². The van der Waals surface area contributed by atoms with Gasteiger partial charge in [-0.25, -0.2) is 4.98 Å². The summed E-state index contributed by atoms with van der Waals surface area (Å²) >= 11 is 3.51. The van der Waals surface area contributed by atoms with Gasteiger partial charge in [-0.3, -0.25) is 0 Å². The van der Waals surface area contributed by atoms with Crippen molar-refractivity contribution in [2.75, 3.05) is 36.0 Å². The van der Waals surface area contributed by atoms with Gasteiger partial charge in [-0.05, 0) is 35.9 Å². The molecule has 2 aromatic rings. The van der Waals surface area contributed by atoms with E-state index in [1.165, 1.54) is 11.3 Å². The van der Waals surface area contributed by atoms with Gasteiger partial charge in [0.1, 0.15) is 5.82 Å². The highest BCUT2D eigenvalue weighted by atomic mass is 79.9. The van der Waals surface area contributed by atoms with E-state index < -0.39 is 0 Å². The molecule has 21 heavy (non-hydrogen) atoms. The highest BCUT2D eigenvalue weighted by Crippen LogP contribution is 2.26. The fourth-order valence-electron chi connectivity index (χ4n) is 2.74. The molecule has 0 atom stereocenters. The number of anilines is 2. The molecule has 1 aliphatic rings. The third kappa shape index (κ3) is 3.19. The minimum atomic E-state index is 0.565. The van der Waals surface area contributed by atoms with Crippen LogP contribution < -0.4 is 15.5 Å². The molecular formula is C16H19BrN4. The summed E-state index contributed by atoms with van der Waals surface area (Å²) in [6.45, 7) is 4.51. The summed E-state index contributed by atoms with van der Waals surface area (Å²) in [6.07, 6.45) is 1.85. The van der Waals surface area contributed by atoms with Gasteiger partial charge in [-0.1, -0.05) is 22.0 Å². The Kier molecular flexibility index (Phi) is 4.41. The number of piperazine rings is 1. The summed E-state index contributed by atoms with van der Waals surface area (Å²) in [7, 11) is 0. The van der Waals surface area contributed by atoms with Crippen LogP contribution in [-0.2, 0) is 6.54 Å². The molecule has 1 saturated heterocycles. The molecule has 1 aliphatic heterocycles. The Morgan fingerprint density at radius 2 is 1.81 bits per heavy atom. The lowest BCUT2D eigenvalue weighted by Gasteiger charge is -2.37. The molecule has 5 heteroatoms. The van der Waals surface area contributed by atoms with Gasteiger partial charge in [0.05, 0.1) is 0 Å². The van der Waals surface area contributed by atoms with Gasteiger partial charge < -0.3 is 15.5 Å². The molecule has 1 aromatic carbocycles. The molecule has 0 aliphatic carbocycles. The zero-order chi connectivity index (χ0) is 14.7. The largest absolute Gasteiger partial charge is 0.368 e. The summed E-state index contributed by atoms with van der Waals surface area (Å²) in [6, 6.07) is 12.4. The van der Waals surface area contributed by atoms with Crippen LogP contribution in [0.25, 0.3) is 0 Å².